The van der Waals surface area contributed by atoms with E-state index in [2.05, 4.69) is 10.3 Å². The molecule has 0 unspecified atom stereocenters. The zero-order valence-electron chi connectivity index (χ0n) is 9.96. The van der Waals surface area contributed by atoms with Crippen LogP contribution in [-0.4, -0.2) is 29.4 Å². The van der Waals surface area contributed by atoms with Crippen molar-refractivity contribution >= 4 is 17.6 Å². The van der Waals surface area contributed by atoms with Crippen LogP contribution < -0.4 is 10.1 Å². The molecule has 0 aliphatic carbocycles. The Bertz CT molecular complexity index is 360. The van der Waals surface area contributed by atoms with Crippen molar-refractivity contribution in [3.8, 4) is 5.75 Å². The molecule has 0 atom stereocenters. The first-order valence-corrected chi connectivity index (χ1v) is 6.54. The van der Waals surface area contributed by atoms with Crippen LogP contribution in [0.15, 0.2) is 18.3 Å². The predicted molar refractivity (Wildman–Crippen MR) is 67.0 cm³/mol. The third-order valence-corrected chi connectivity index (χ3v) is 2.63. The highest BCUT2D eigenvalue weighted by atomic mass is 32.2. The van der Waals surface area contributed by atoms with Gasteiger partial charge in [0, 0.05) is 18.5 Å². The summed E-state index contributed by atoms with van der Waals surface area (Å²) >= 11 is -0.0546. The number of nitrogens with zero attached hydrogens (tertiary/aromatic N) is 1. The van der Waals surface area contributed by atoms with Crippen molar-refractivity contribution < 1.29 is 17.9 Å². The zero-order chi connectivity index (χ0) is 13.4. The van der Waals surface area contributed by atoms with Gasteiger partial charge in [0.1, 0.15) is 0 Å². The van der Waals surface area contributed by atoms with Crippen molar-refractivity contribution in [3.63, 3.8) is 0 Å². The van der Waals surface area contributed by atoms with Crippen LogP contribution in [0.5, 0.6) is 5.75 Å². The van der Waals surface area contributed by atoms with Gasteiger partial charge in [0.15, 0.2) is 11.6 Å². The number of nitrogens with one attached hydrogen (secondary N) is 1. The van der Waals surface area contributed by atoms with E-state index >= 15 is 0 Å². The number of halogens is 3. The maximum absolute atomic E-state index is 11.9. The standard InChI is InChI=1S/C11H15F3N2OS/c1-2-7-17-9-4-3-5-15-10(9)16-6-8-18-11(12,13)14/h3-5H,2,6-8H2,1H3,(H,15,16). The molecule has 0 amide bonds. The van der Waals surface area contributed by atoms with Crippen molar-refractivity contribution in [3.05, 3.63) is 18.3 Å². The Morgan fingerprint density at radius 2 is 2.22 bits per heavy atom. The number of aromatic nitrogens is 1. The molecule has 0 aromatic carbocycles. The molecule has 0 aliphatic rings. The lowest BCUT2D eigenvalue weighted by Gasteiger charge is -2.11. The Morgan fingerprint density at radius 1 is 1.44 bits per heavy atom. The monoisotopic (exact) mass is 280 g/mol. The molecule has 1 aromatic rings. The number of ether oxygens (including phenoxy) is 1. The average molecular weight is 280 g/mol. The topological polar surface area (TPSA) is 34.1 Å². The first-order chi connectivity index (χ1) is 8.53. The molecule has 0 radical (unpaired) electrons. The number of pyridine rings is 1. The van der Waals surface area contributed by atoms with Gasteiger partial charge in [-0.3, -0.25) is 0 Å². The van der Waals surface area contributed by atoms with Gasteiger partial charge in [-0.15, -0.1) is 0 Å². The second-order valence-corrected chi connectivity index (χ2v) is 4.58. The van der Waals surface area contributed by atoms with Crippen LogP contribution in [0.3, 0.4) is 0 Å². The second kappa shape index (κ2) is 7.35. The Hall–Kier alpha value is -1.11. The fourth-order valence-electron chi connectivity index (χ4n) is 1.19. The lowest BCUT2D eigenvalue weighted by atomic mass is 10.4. The van der Waals surface area contributed by atoms with Crippen LogP contribution in [0.2, 0.25) is 0 Å². The van der Waals surface area contributed by atoms with E-state index in [1.807, 2.05) is 6.92 Å². The van der Waals surface area contributed by atoms with Crippen LogP contribution in [0.4, 0.5) is 19.0 Å². The molecule has 102 valence electrons. The summed E-state index contributed by atoms with van der Waals surface area (Å²) in [7, 11) is 0. The smallest absolute Gasteiger partial charge is 0.441 e. The van der Waals surface area contributed by atoms with Gasteiger partial charge in [-0.25, -0.2) is 4.98 Å². The molecule has 3 nitrogen and oxygen atoms in total. The minimum Gasteiger partial charge on any atom is -0.490 e. The maximum Gasteiger partial charge on any atom is 0.441 e. The van der Waals surface area contributed by atoms with Gasteiger partial charge in [-0.2, -0.15) is 13.2 Å². The largest absolute Gasteiger partial charge is 0.490 e. The second-order valence-electron chi connectivity index (χ2n) is 3.42. The van der Waals surface area contributed by atoms with Gasteiger partial charge < -0.3 is 10.1 Å². The molecule has 1 rings (SSSR count). The van der Waals surface area contributed by atoms with Crippen LogP contribution in [0.25, 0.3) is 0 Å². The fraction of sp³-hybridized carbons (Fsp3) is 0.545. The van der Waals surface area contributed by atoms with Crippen molar-refractivity contribution in [2.75, 3.05) is 24.2 Å². The van der Waals surface area contributed by atoms with Crippen LogP contribution >= 0.6 is 11.8 Å². The molecule has 0 saturated heterocycles. The summed E-state index contributed by atoms with van der Waals surface area (Å²) < 4.78 is 41.2. The van der Waals surface area contributed by atoms with Crippen LogP contribution in [-0.2, 0) is 0 Å². The first-order valence-electron chi connectivity index (χ1n) is 5.55. The molecule has 18 heavy (non-hydrogen) atoms. The minimum atomic E-state index is -4.19. The maximum atomic E-state index is 11.9. The van der Waals surface area contributed by atoms with Crippen LogP contribution in [0, 0.1) is 0 Å². The molecule has 1 aromatic heterocycles. The van der Waals surface area contributed by atoms with Gasteiger partial charge in [0.05, 0.1) is 6.61 Å². The third-order valence-electron chi connectivity index (χ3n) is 1.89. The Balaban J connectivity index is 2.41. The van der Waals surface area contributed by atoms with E-state index in [4.69, 9.17) is 4.74 Å². The number of hydrogen-bond acceptors (Lipinski definition) is 4. The lowest BCUT2D eigenvalue weighted by Crippen LogP contribution is -2.11. The van der Waals surface area contributed by atoms with Gasteiger partial charge >= 0.3 is 5.51 Å². The summed E-state index contributed by atoms with van der Waals surface area (Å²) in [6.07, 6.45) is 2.43. The van der Waals surface area contributed by atoms with E-state index in [1.165, 1.54) is 0 Å². The summed E-state index contributed by atoms with van der Waals surface area (Å²) in [6, 6.07) is 3.46. The highest BCUT2D eigenvalue weighted by molar-refractivity contribution is 8.00. The van der Waals surface area contributed by atoms with E-state index in [0.717, 1.165) is 6.42 Å². The van der Waals surface area contributed by atoms with Gasteiger partial charge in [0.25, 0.3) is 0 Å². The van der Waals surface area contributed by atoms with E-state index < -0.39 is 5.51 Å². The Kier molecular flexibility index (Phi) is 6.11. The normalized spacial score (nSPS) is 11.3. The molecular formula is C11H15F3N2OS. The van der Waals surface area contributed by atoms with Gasteiger partial charge in [-0.05, 0) is 30.3 Å². The van der Waals surface area contributed by atoms with Crippen LogP contribution in [0.1, 0.15) is 13.3 Å². The molecule has 0 bridgehead atoms. The molecular weight excluding hydrogens is 265 g/mol. The fourth-order valence-corrected chi connectivity index (χ4v) is 1.62. The highest BCUT2D eigenvalue weighted by Gasteiger charge is 2.27. The van der Waals surface area contributed by atoms with Gasteiger partial charge in [-0.1, -0.05) is 6.92 Å². The quantitative estimate of drug-likeness (QED) is 0.775. The summed E-state index contributed by atoms with van der Waals surface area (Å²) in [5.41, 5.74) is -4.19. The SMILES string of the molecule is CCCOc1cccnc1NCCSC(F)(F)F. The molecule has 1 heterocycles. The minimum absolute atomic E-state index is 0.0546. The molecule has 7 heteroatoms. The molecule has 1 N–H and O–H groups in total. The first kappa shape index (κ1) is 14.9. The number of thioether (sulfide) groups is 1. The molecule has 0 saturated carbocycles. The Morgan fingerprint density at radius 3 is 2.89 bits per heavy atom. The van der Waals surface area contributed by atoms with Crippen molar-refractivity contribution in [2.24, 2.45) is 0 Å². The van der Waals surface area contributed by atoms with E-state index in [1.54, 1.807) is 18.3 Å². The number of alkyl halides is 3. The summed E-state index contributed by atoms with van der Waals surface area (Å²) in [4.78, 5) is 4.04. The number of anilines is 1. The molecule has 0 fully saturated rings. The third kappa shape index (κ3) is 6.00. The number of hydrogen-bond donors (Lipinski definition) is 1. The van der Waals surface area contributed by atoms with Crippen molar-refractivity contribution in [2.45, 2.75) is 18.9 Å². The number of rotatable bonds is 7. The summed E-state index contributed by atoms with van der Waals surface area (Å²) in [5, 5.41) is 2.84. The Labute approximate surface area is 108 Å². The molecule has 0 spiro atoms. The summed E-state index contributed by atoms with van der Waals surface area (Å²) in [6.45, 7) is 2.71. The lowest BCUT2D eigenvalue weighted by molar-refractivity contribution is -0.0327. The highest BCUT2D eigenvalue weighted by Crippen LogP contribution is 2.30. The van der Waals surface area contributed by atoms with E-state index in [9.17, 15) is 13.2 Å². The predicted octanol–water partition coefficient (Wildman–Crippen LogP) is 3.54. The van der Waals surface area contributed by atoms with E-state index in [-0.39, 0.29) is 24.1 Å². The van der Waals surface area contributed by atoms with Crippen molar-refractivity contribution in [1.82, 2.24) is 4.98 Å². The summed E-state index contributed by atoms with van der Waals surface area (Å²) in [5.74, 6) is 0.984. The average Bonchev–Trinajstić information content (AvgIpc) is 2.32. The van der Waals surface area contributed by atoms with E-state index in [0.29, 0.717) is 18.2 Å². The zero-order valence-corrected chi connectivity index (χ0v) is 10.8. The van der Waals surface area contributed by atoms with Crippen molar-refractivity contribution in [1.29, 1.82) is 0 Å². The molecule has 0 aliphatic heterocycles. The van der Waals surface area contributed by atoms with Gasteiger partial charge in [0.2, 0.25) is 0 Å².